The number of ether oxygens (including phenoxy) is 1. The van der Waals surface area contributed by atoms with E-state index in [-0.39, 0.29) is 12.2 Å². The molecular weight excluding hydrogens is 311 g/mol. The van der Waals surface area contributed by atoms with Crippen LogP contribution in [-0.4, -0.2) is 17.6 Å². The molecule has 2 rings (SSSR count). The minimum absolute atomic E-state index is 0.186. The fourth-order valence-corrected chi connectivity index (χ4v) is 3.20. The molecule has 0 amide bonds. The number of nitrogens with zero attached hydrogens (tertiary/aromatic N) is 1. The predicted molar refractivity (Wildman–Crippen MR) is 65.4 cm³/mol. The van der Waals surface area contributed by atoms with Gasteiger partial charge in [-0.3, -0.25) is 0 Å². The number of hydrogen-bond donors (Lipinski definition) is 1. The average molecular weight is 324 g/mol. The quantitative estimate of drug-likeness (QED) is 0.850. The highest BCUT2D eigenvalue weighted by molar-refractivity contribution is 14.1. The van der Waals surface area contributed by atoms with Crippen LogP contribution in [0.3, 0.4) is 0 Å². The molecule has 0 aliphatic carbocycles. The van der Waals surface area contributed by atoms with Gasteiger partial charge in [0.25, 0.3) is 0 Å². The van der Waals surface area contributed by atoms with Crippen molar-refractivity contribution in [3.63, 3.8) is 0 Å². The van der Waals surface area contributed by atoms with E-state index in [1.54, 1.807) is 11.3 Å². The summed E-state index contributed by atoms with van der Waals surface area (Å²) < 4.78 is 7.07. The molecule has 78 valence electrons. The first-order valence-corrected chi connectivity index (χ1v) is 6.66. The number of halogens is 1. The molecule has 3 nitrogen and oxygen atoms in total. The number of thiazole rings is 1. The SMILES string of the molecule is NCC1CCCC(c2ncc(I)s2)O1. The molecule has 0 saturated carbocycles. The van der Waals surface area contributed by atoms with Crippen molar-refractivity contribution in [3.8, 4) is 0 Å². The van der Waals surface area contributed by atoms with Crippen molar-refractivity contribution >= 4 is 33.9 Å². The Morgan fingerprint density at radius 1 is 1.64 bits per heavy atom. The maximum Gasteiger partial charge on any atom is 0.122 e. The first-order valence-electron chi connectivity index (χ1n) is 4.76. The fraction of sp³-hybridized carbons (Fsp3) is 0.667. The standard InChI is InChI=1S/C9H13IN2OS/c10-8-5-12-9(14-8)7-3-1-2-6(4-11)13-7/h5-7H,1-4,11H2. The first kappa shape index (κ1) is 10.8. The van der Waals surface area contributed by atoms with Gasteiger partial charge in [0.05, 0.1) is 15.2 Å². The van der Waals surface area contributed by atoms with Crippen LogP contribution in [0.25, 0.3) is 0 Å². The molecule has 0 radical (unpaired) electrons. The molecule has 0 bridgehead atoms. The summed E-state index contributed by atoms with van der Waals surface area (Å²) in [6, 6.07) is 0. The molecule has 0 spiro atoms. The number of nitrogens with two attached hydrogens (primary N) is 1. The Morgan fingerprint density at radius 3 is 3.14 bits per heavy atom. The van der Waals surface area contributed by atoms with Crippen LogP contribution in [-0.2, 0) is 4.74 Å². The molecule has 2 N–H and O–H groups in total. The number of hydrogen-bond acceptors (Lipinski definition) is 4. The van der Waals surface area contributed by atoms with Gasteiger partial charge in [-0.1, -0.05) is 0 Å². The van der Waals surface area contributed by atoms with Gasteiger partial charge in [0.2, 0.25) is 0 Å². The van der Waals surface area contributed by atoms with Crippen molar-refractivity contribution in [2.24, 2.45) is 5.73 Å². The van der Waals surface area contributed by atoms with Crippen molar-refractivity contribution in [2.45, 2.75) is 31.5 Å². The van der Waals surface area contributed by atoms with Gasteiger partial charge in [-0.2, -0.15) is 0 Å². The van der Waals surface area contributed by atoms with Crippen molar-refractivity contribution in [1.82, 2.24) is 4.98 Å². The Hall–Kier alpha value is 0.280. The third kappa shape index (κ3) is 2.44. The molecule has 14 heavy (non-hydrogen) atoms. The van der Waals surface area contributed by atoms with Crippen molar-refractivity contribution in [3.05, 3.63) is 14.1 Å². The van der Waals surface area contributed by atoms with Crippen LogP contribution in [0.2, 0.25) is 0 Å². The summed E-state index contributed by atoms with van der Waals surface area (Å²) in [5.41, 5.74) is 5.61. The van der Waals surface area contributed by atoms with Gasteiger partial charge in [-0.25, -0.2) is 4.98 Å². The van der Waals surface area contributed by atoms with Gasteiger partial charge < -0.3 is 10.5 Å². The molecule has 1 fully saturated rings. The monoisotopic (exact) mass is 324 g/mol. The highest BCUT2D eigenvalue weighted by atomic mass is 127. The molecular formula is C9H13IN2OS. The zero-order valence-electron chi connectivity index (χ0n) is 7.78. The van der Waals surface area contributed by atoms with Crippen molar-refractivity contribution in [2.75, 3.05) is 6.54 Å². The van der Waals surface area contributed by atoms with Crippen molar-refractivity contribution < 1.29 is 4.74 Å². The number of rotatable bonds is 2. The smallest absolute Gasteiger partial charge is 0.122 e. The van der Waals surface area contributed by atoms with Crippen LogP contribution in [0.4, 0.5) is 0 Å². The lowest BCUT2D eigenvalue weighted by Crippen LogP contribution is -2.29. The zero-order chi connectivity index (χ0) is 9.97. The van der Waals surface area contributed by atoms with E-state index in [9.17, 15) is 0 Å². The predicted octanol–water partition coefficient (Wildman–Crippen LogP) is 2.32. The molecule has 0 aromatic carbocycles. The third-order valence-corrected chi connectivity index (χ3v) is 4.20. The molecule has 2 unspecified atom stereocenters. The topological polar surface area (TPSA) is 48.1 Å². The van der Waals surface area contributed by atoms with E-state index in [1.807, 2.05) is 6.20 Å². The molecule has 1 saturated heterocycles. The second-order valence-corrected chi connectivity index (χ2v) is 6.37. The summed E-state index contributed by atoms with van der Waals surface area (Å²) in [5.74, 6) is 0. The second-order valence-electron chi connectivity index (χ2n) is 3.42. The van der Waals surface area contributed by atoms with Gasteiger partial charge >= 0.3 is 0 Å². The van der Waals surface area contributed by atoms with Gasteiger partial charge in [-0.05, 0) is 41.9 Å². The Morgan fingerprint density at radius 2 is 2.50 bits per heavy atom. The Bertz CT molecular complexity index is 305. The highest BCUT2D eigenvalue weighted by Gasteiger charge is 2.24. The highest BCUT2D eigenvalue weighted by Crippen LogP contribution is 2.33. The maximum atomic E-state index is 5.85. The molecule has 1 aliphatic rings. The van der Waals surface area contributed by atoms with Crippen LogP contribution in [0.5, 0.6) is 0 Å². The molecule has 2 heterocycles. The third-order valence-electron chi connectivity index (χ3n) is 2.38. The van der Waals surface area contributed by atoms with Gasteiger partial charge in [0, 0.05) is 6.54 Å². The molecule has 1 aromatic heterocycles. The average Bonchev–Trinajstić information content (AvgIpc) is 2.65. The maximum absolute atomic E-state index is 5.85. The van der Waals surface area contributed by atoms with Crippen molar-refractivity contribution in [1.29, 1.82) is 0 Å². The van der Waals surface area contributed by atoms with Crippen LogP contribution in [0.15, 0.2) is 6.20 Å². The van der Waals surface area contributed by atoms with Crippen LogP contribution in [0, 0.1) is 2.88 Å². The Balaban J connectivity index is 2.04. The second kappa shape index (κ2) is 4.87. The molecule has 1 aliphatic heterocycles. The lowest BCUT2D eigenvalue weighted by molar-refractivity contribution is -0.0462. The summed E-state index contributed by atoms with van der Waals surface area (Å²) in [4.78, 5) is 4.35. The van der Waals surface area contributed by atoms with Crippen LogP contribution >= 0.6 is 33.9 Å². The first-order chi connectivity index (χ1) is 6.79. The summed E-state index contributed by atoms with van der Waals surface area (Å²) in [5, 5.41) is 1.10. The van der Waals surface area contributed by atoms with Gasteiger partial charge in [0.15, 0.2) is 0 Å². The molecule has 1 aromatic rings. The summed E-state index contributed by atoms with van der Waals surface area (Å²) in [7, 11) is 0. The summed E-state index contributed by atoms with van der Waals surface area (Å²) in [6.45, 7) is 0.624. The van der Waals surface area contributed by atoms with Crippen LogP contribution < -0.4 is 5.73 Å². The number of aromatic nitrogens is 1. The lowest BCUT2D eigenvalue weighted by atomic mass is 10.0. The normalized spacial score (nSPS) is 27.9. The summed E-state index contributed by atoms with van der Waals surface area (Å²) >= 11 is 4.00. The molecule has 5 heteroatoms. The Labute approximate surface area is 101 Å². The van der Waals surface area contributed by atoms with E-state index in [1.165, 1.54) is 9.30 Å². The molecule has 2 atom stereocenters. The largest absolute Gasteiger partial charge is 0.366 e. The minimum Gasteiger partial charge on any atom is -0.366 e. The summed E-state index contributed by atoms with van der Waals surface area (Å²) in [6.07, 6.45) is 5.69. The van der Waals surface area contributed by atoms with E-state index < -0.39 is 0 Å². The van der Waals surface area contributed by atoms with E-state index in [0.717, 1.165) is 17.8 Å². The van der Waals surface area contributed by atoms with E-state index in [2.05, 4.69) is 27.6 Å². The van der Waals surface area contributed by atoms with Crippen LogP contribution in [0.1, 0.15) is 30.4 Å². The fourth-order valence-electron chi connectivity index (χ4n) is 1.67. The minimum atomic E-state index is 0.186. The van der Waals surface area contributed by atoms with E-state index in [4.69, 9.17) is 10.5 Å². The zero-order valence-corrected chi connectivity index (χ0v) is 10.8. The Kier molecular flexibility index (Phi) is 3.75. The lowest BCUT2D eigenvalue weighted by Gasteiger charge is -2.27. The van der Waals surface area contributed by atoms with Gasteiger partial charge in [0.1, 0.15) is 11.1 Å². The van der Waals surface area contributed by atoms with E-state index in [0.29, 0.717) is 6.54 Å². The van der Waals surface area contributed by atoms with E-state index >= 15 is 0 Å². The van der Waals surface area contributed by atoms with Gasteiger partial charge in [-0.15, -0.1) is 11.3 Å².